The van der Waals surface area contributed by atoms with Crippen LogP contribution in [-0.4, -0.2) is 57.2 Å². The monoisotopic (exact) mass is 575 g/mol. The van der Waals surface area contributed by atoms with E-state index >= 15 is 0 Å². The third-order valence-electron chi connectivity index (χ3n) is 7.70. The van der Waals surface area contributed by atoms with Gasteiger partial charge in [0, 0.05) is 30.5 Å². The van der Waals surface area contributed by atoms with Gasteiger partial charge in [-0.2, -0.15) is 0 Å². The van der Waals surface area contributed by atoms with Crippen molar-refractivity contribution in [1.29, 1.82) is 0 Å². The Bertz CT molecular complexity index is 1300. The molecule has 4 rings (SSSR count). The maximum absolute atomic E-state index is 13.7. The SMILES string of the molecule is COCCOC[C@@]1(O)C2CC(S(=O)(=O)c3cc(C(=O)Nc4cc(F)c(F)c(F)c4)ccc3Cl)CC1[C@@H](C)C2. The number of hydrogen-bond donors (Lipinski definition) is 2. The molecule has 2 aromatic rings. The molecular formula is C26H29ClF3NO6S. The molecule has 3 unspecified atom stereocenters. The number of benzene rings is 2. The molecule has 2 bridgehead atoms. The van der Waals surface area contributed by atoms with Crippen molar-refractivity contribution in [3.8, 4) is 0 Å². The Kier molecular flexibility index (Phi) is 8.44. The van der Waals surface area contributed by atoms with Crippen molar-refractivity contribution in [3.05, 3.63) is 58.4 Å². The molecule has 1 amide bonds. The van der Waals surface area contributed by atoms with Crippen LogP contribution in [0.1, 0.15) is 36.5 Å². The van der Waals surface area contributed by atoms with Crippen LogP contribution < -0.4 is 5.32 Å². The molecule has 2 saturated carbocycles. The van der Waals surface area contributed by atoms with Crippen LogP contribution in [0.15, 0.2) is 35.2 Å². The molecule has 38 heavy (non-hydrogen) atoms. The summed E-state index contributed by atoms with van der Waals surface area (Å²) in [5.41, 5.74) is -1.60. The maximum Gasteiger partial charge on any atom is 0.255 e. The lowest BCUT2D eigenvalue weighted by Crippen LogP contribution is -2.52. The molecular weight excluding hydrogens is 547 g/mol. The number of nitrogens with one attached hydrogen (secondary N) is 1. The van der Waals surface area contributed by atoms with E-state index < -0.39 is 44.0 Å². The first-order chi connectivity index (χ1) is 17.9. The van der Waals surface area contributed by atoms with E-state index in [0.717, 1.165) is 6.07 Å². The highest BCUT2D eigenvalue weighted by atomic mass is 35.5. The number of carbonyl (C=O) groups excluding carboxylic acids is 1. The van der Waals surface area contributed by atoms with E-state index in [4.69, 9.17) is 21.1 Å². The van der Waals surface area contributed by atoms with Gasteiger partial charge in [-0.05, 0) is 55.2 Å². The maximum atomic E-state index is 13.7. The van der Waals surface area contributed by atoms with Gasteiger partial charge in [-0.1, -0.05) is 18.5 Å². The van der Waals surface area contributed by atoms with Crippen LogP contribution in [0.3, 0.4) is 0 Å². The third kappa shape index (κ3) is 5.44. The standard InChI is InChI=1S/C26H29ClF3NO6S/c1-14-7-16-9-18(12-19(14)26(16,33)13-37-6-5-36-2)38(34,35)23-8-15(3-4-20(23)27)25(32)31-17-10-21(28)24(30)22(29)11-17/h3-4,8,10-11,14,16,18-19,33H,5-7,9,12-13H2,1-2H3,(H,31,32)/t14-,16?,18?,19?,26+/m0/s1. The van der Waals surface area contributed by atoms with Gasteiger partial charge < -0.3 is 19.9 Å². The lowest BCUT2D eigenvalue weighted by atomic mass is 9.73. The van der Waals surface area contributed by atoms with Gasteiger partial charge in [0.15, 0.2) is 27.3 Å². The highest BCUT2D eigenvalue weighted by molar-refractivity contribution is 7.92. The van der Waals surface area contributed by atoms with Crippen molar-refractivity contribution in [2.75, 3.05) is 32.2 Å². The van der Waals surface area contributed by atoms with Crippen LogP contribution in [0.5, 0.6) is 0 Å². The van der Waals surface area contributed by atoms with Crippen molar-refractivity contribution < 1.29 is 41.0 Å². The molecule has 2 N–H and O–H groups in total. The lowest BCUT2D eigenvalue weighted by molar-refractivity contribution is -0.120. The summed E-state index contributed by atoms with van der Waals surface area (Å²) in [6.45, 7) is 2.77. The zero-order valence-electron chi connectivity index (χ0n) is 20.8. The Morgan fingerprint density at radius 2 is 1.82 bits per heavy atom. The summed E-state index contributed by atoms with van der Waals surface area (Å²) in [4.78, 5) is 12.5. The summed E-state index contributed by atoms with van der Waals surface area (Å²) in [5, 5.41) is 12.8. The number of fused-ring (bicyclic) bond motifs is 2. The summed E-state index contributed by atoms with van der Waals surface area (Å²) in [5.74, 6) is -6.02. The predicted molar refractivity (Wildman–Crippen MR) is 134 cm³/mol. The second kappa shape index (κ2) is 11.1. The molecule has 0 saturated heterocycles. The van der Waals surface area contributed by atoms with Crippen LogP contribution >= 0.6 is 11.6 Å². The van der Waals surface area contributed by atoms with E-state index in [9.17, 15) is 31.5 Å². The second-order valence-electron chi connectivity index (χ2n) is 10.0. The molecule has 0 aliphatic heterocycles. The minimum absolute atomic E-state index is 0.0791. The van der Waals surface area contributed by atoms with Crippen molar-refractivity contribution in [2.24, 2.45) is 17.8 Å². The lowest BCUT2D eigenvalue weighted by Gasteiger charge is -2.42. The van der Waals surface area contributed by atoms with E-state index in [1.165, 1.54) is 12.1 Å². The number of methoxy groups -OCH3 is 1. The number of amides is 1. The number of ether oxygens (including phenoxy) is 2. The number of rotatable bonds is 9. The van der Waals surface area contributed by atoms with Crippen LogP contribution in [0.4, 0.5) is 18.9 Å². The van der Waals surface area contributed by atoms with E-state index in [2.05, 4.69) is 5.32 Å². The molecule has 0 aromatic heterocycles. The Morgan fingerprint density at radius 1 is 1.13 bits per heavy atom. The minimum Gasteiger partial charge on any atom is -0.387 e. The number of sulfone groups is 1. The topological polar surface area (TPSA) is 102 Å². The summed E-state index contributed by atoms with van der Waals surface area (Å²) >= 11 is 6.26. The number of aliphatic hydroxyl groups is 1. The molecule has 2 fully saturated rings. The fourth-order valence-corrected chi connectivity index (χ4v) is 8.15. The van der Waals surface area contributed by atoms with Crippen molar-refractivity contribution in [3.63, 3.8) is 0 Å². The molecule has 2 aliphatic carbocycles. The Labute approximate surface area is 224 Å². The Hall–Kier alpha value is -2.18. The zero-order chi connectivity index (χ0) is 27.8. The van der Waals surface area contributed by atoms with Crippen molar-refractivity contribution in [1.82, 2.24) is 0 Å². The Morgan fingerprint density at radius 3 is 2.45 bits per heavy atom. The normalized spacial score (nSPS) is 26.9. The van der Waals surface area contributed by atoms with E-state index in [1.54, 1.807) is 7.11 Å². The van der Waals surface area contributed by atoms with Crippen molar-refractivity contribution >= 4 is 33.0 Å². The summed E-state index contributed by atoms with van der Waals surface area (Å²) < 4.78 is 78.3. The van der Waals surface area contributed by atoms with E-state index in [1.807, 2.05) is 6.92 Å². The van der Waals surface area contributed by atoms with Gasteiger partial charge in [0.05, 0.1) is 40.6 Å². The van der Waals surface area contributed by atoms with Crippen LogP contribution in [0, 0.1) is 35.2 Å². The number of carbonyl (C=O) groups is 1. The molecule has 2 aliphatic rings. The van der Waals surface area contributed by atoms with Crippen LogP contribution in [0.2, 0.25) is 5.02 Å². The first-order valence-electron chi connectivity index (χ1n) is 12.2. The fraction of sp³-hybridized carbons (Fsp3) is 0.500. The number of anilines is 1. The molecule has 12 heteroatoms. The fourth-order valence-electron chi connectivity index (χ4n) is 5.78. The van der Waals surface area contributed by atoms with Crippen molar-refractivity contribution in [2.45, 2.75) is 41.9 Å². The first-order valence-corrected chi connectivity index (χ1v) is 14.1. The molecule has 0 radical (unpaired) electrons. The van der Waals surface area contributed by atoms with Gasteiger partial charge in [0.1, 0.15) is 0 Å². The molecule has 5 atom stereocenters. The smallest absolute Gasteiger partial charge is 0.255 e. The van der Waals surface area contributed by atoms with Gasteiger partial charge in [-0.25, -0.2) is 21.6 Å². The predicted octanol–water partition coefficient (Wildman–Crippen LogP) is 4.61. The third-order valence-corrected chi connectivity index (χ3v) is 10.4. The van der Waals surface area contributed by atoms with Gasteiger partial charge in [0.25, 0.3) is 5.91 Å². The summed E-state index contributed by atoms with van der Waals surface area (Å²) in [6.07, 6.45) is 1.06. The minimum atomic E-state index is -4.02. The first kappa shape index (κ1) is 28.8. The highest BCUT2D eigenvalue weighted by Gasteiger charge is 2.58. The Balaban J connectivity index is 1.55. The zero-order valence-corrected chi connectivity index (χ0v) is 22.4. The van der Waals surface area contributed by atoms with Gasteiger partial charge in [-0.3, -0.25) is 4.79 Å². The largest absolute Gasteiger partial charge is 0.387 e. The molecule has 2 aromatic carbocycles. The molecule has 7 nitrogen and oxygen atoms in total. The quantitative estimate of drug-likeness (QED) is 0.334. The summed E-state index contributed by atoms with van der Waals surface area (Å²) in [7, 11) is -2.47. The van der Waals surface area contributed by atoms with Gasteiger partial charge in [0.2, 0.25) is 0 Å². The number of hydrogen-bond acceptors (Lipinski definition) is 6. The van der Waals surface area contributed by atoms with Crippen LogP contribution in [0.25, 0.3) is 0 Å². The number of halogens is 4. The van der Waals surface area contributed by atoms with E-state index in [0.29, 0.717) is 31.8 Å². The van der Waals surface area contributed by atoms with Gasteiger partial charge >= 0.3 is 0 Å². The average Bonchev–Trinajstić information content (AvgIpc) is 2.97. The molecule has 0 heterocycles. The molecule has 0 spiro atoms. The van der Waals surface area contributed by atoms with Crippen LogP contribution in [-0.2, 0) is 19.3 Å². The molecule has 208 valence electrons. The van der Waals surface area contributed by atoms with Gasteiger partial charge in [-0.15, -0.1) is 0 Å². The highest BCUT2D eigenvalue weighted by Crippen LogP contribution is 2.54. The van der Waals surface area contributed by atoms with E-state index in [-0.39, 0.29) is 58.4 Å². The summed E-state index contributed by atoms with van der Waals surface area (Å²) in [6, 6.07) is 4.88. The average molecular weight is 576 g/mol. The second-order valence-corrected chi connectivity index (χ2v) is 12.6.